The molecule has 22 heavy (non-hydrogen) atoms. The maximum absolute atomic E-state index is 12.5. The third-order valence-corrected chi connectivity index (χ3v) is 4.68. The highest BCUT2D eigenvalue weighted by atomic mass is 79.9. The van der Waals surface area contributed by atoms with Crippen molar-refractivity contribution in [2.24, 2.45) is 5.92 Å². The van der Waals surface area contributed by atoms with E-state index in [-0.39, 0.29) is 17.7 Å². The molecule has 1 saturated heterocycles. The number of hydrogen-bond acceptors (Lipinski definition) is 2. The van der Waals surface area contributed by atoms with Gasteiger partial charge in [0.1, 0.15) is 0 Å². The molecule has 1 fully saturated rings. The number of benzene rings is 1. The van der Waals surface area contributed by atoms with Gasteiger partial charge < -0.3 is 10.2 Å². The Morgan fingerprint density at radius 2 is 2.05 bits per heavy atom. The van der Waals surface area contributed by atoms with E-state index in [4.69, 9.17) is 11.6 Å². The molecule has 0 spiro atoms. The van der Waals surface area contributed by atoms with E-state index in [0.717, 1.165) is 10.9 Å². The normalized spacial score (nSPS) is 15.7. The fourth-order valence-electron chi connectivity index (χ4n) is 2.57. The zero-order chi connectivity index (χ0) is 16.1. The van der Waals surface area contributed by atoms with E-state index >= 15 is 0 Å². The van der Waals surface area contributed by atoms with Crippen LogP contribution in [0.15, 0.2) is 22.7 Å². The van der Waals surface area contributed by atoms with E-state index in [1.54, 1.807) is 17.0 Å². The summed E-state index contributed by atoms with van der Waals surface area (Å²) in [5.74, 6) is 0.0433. The van der Waals surface area contributed by atoms with Gasteiger partial charge in [-0.25, -0.2) is 0 Å². The van der Waals surface area contributed by atoms with Crippen LogP contribution in [0.4, 0.5) is 0 Å². The second-order valence-electron chi connectivity index (χ2n) is 5.48. The van der Waals surface area contributed by atoms with E-state index < -0.39 is 0 Å². The Hall–Kier alpha value is -1.07. The zero-order valence-corrected chi connectivity index (χ0v) is 14.9. The highest BCUT2D eigenvalue weighted by Crippen LogP contribution is 2.25. The number of hydrogen-bond donors (Lipinski definition) is 1. The molecule has 0 unspecified atom stereocenters. The van der Waals surface area contributed by atoms with Crippen molar-refractivity contribution in [3.63, 3.8) is 0 Å². The van der Waals surface area contributed by atoms with E-state index in [9.17, 15) is 9.59 Å². The monoisotopic (exact) mass is 386 g/mol. The molecule has 1 aromatic carbocycles. The Kier molecular flexibility index (Phi) is 6.26. The highest BCUT2D eigenvalue weighted by Gasteiger charge is 2.28. The lowest BCUT2D eigenvalue weighted by Crippen LogP contribution is -2.43. The Labute approximate surface area is 144 Å². The summed E-state index contributed by atoms with van der Waals surface area (Å²) < 4.78 is 0.828. The lowest BCUT2D eigenvalue weighted by atomic mass is 9.95. The molecule has 1 aliphatic heterocycles. The van der Waals surface area contributed by atoms with E-state index in [1.165, 1.54) is 0 Å². The minimum atomic E-state index is -0.0706. The minimum Gasteiger partial charge on any atom is -0.356 e. The summed E-state index contributed by atoms with van der Waals surface area (Å²) >= 11 is 9.47. The van der Waals surface area contributed by atoms with Crippen molar-refractivity contribution in [2.75, 3.05) is 19.6 Å². The number of halogens is 2. The summed E-state index contributed by atoms with van der Waals surface area (Å²) in [6, 6.07) is 5.26. The fourth-order valence-corrected chi connectivity index (χ4v) is 3.13. The summed E-state index contributed by atoms with van der Waals surface area (Å²) in [6.07, 6.45) is 2.34. The molecule has 0 aromatic heterocycles. The first-order valence-corrected chi connectivity index (χ1v) is 8.72. The number of nitrogens with one attached hydrogen (secondary N) is 1. The number of carbonyl (C=O) groups excluding carboxylic acids is 2. The number of likely N-dealkylation sites (tertiary alicyclic amines) is 1. The summed E-state index contributed by atoms with van der Waals surface area (Å²) in [6.45, 7) is 3.92. The number of carbonyl (C=O) groups is 2. The Morgan fingerprint density at radius 3 is 2.68 bits per heavy atom. The third-order valence-electron chi connectivity index (χ3n) is 3.86. The van der Waals surface area contributed by atoms with Gasteiger partial charge >= 0.3 is 0 Å². The second kappa shape index (κ2) is 7.97. The van der Waals surface area contributed by atoms with Crippen molar-refractivity contribution >= 4 is 39.3 Å². The Balaban J connectivity index is 1.95. The summed E-state index contributed by atoms with van der Waals surface area (Å²) in [7, 11) is 0. The van der Waals surface area contributed by atoms with Crippen LogP contribution in [-0.2, 0) is 4.79 Å². The lowest BCUT2D eigenvalue weighted by molar-refractivity contribution is -0.126. The summed E-state index contributed by atoms with van der Waals surface area (Å²) in [4.78, 5) is 26.3. The van der Waals surface area contributed by atoms with E-state index in [0.29, 0.717) is 43.1 Å². The number of rotatable bonds is 4. The average molecular weight is 388 g/mol. The van der Waals surface area contributed by atoms with Gasteiger partial charge in [-0.15, -0.1) is 0 Å². The quantitative estimate of drug-likeness (QED) is 0.860. The molecular formula is C16H20BrClN2O2. The van der Waals surface area contributed by atoms with Gasteiger partial charge in [0.25, 0.3) is 5.91 Å². The van der Waals surface area contributed by atoms with Crippen LogP contribution >= 0.6 is 27.5 Å². The molecular weight excluding hydrogens is 368 g/mol. The van der Waals surface area contributed by atoms with Crippen molar-refractivity contribution in [1.82, 2.24) is 10.2 Å². The topological polar surface area (TPSA) is 49.4 Å². The van der Waals surface area contributed by atoms with Crippen LogP contribution in [0.5, 0.6) is 0 Å². The van der Waals surface area contributed by atoms with Crippen LogP contribution in [0.3, 0.4) is 0 Å². The van der Waals surface area contributed by atoms with Crippen LogP contribution in [0.1, 0.15) is 36.5 Å². The highest BCUT2D eigenvalue weighted by molar-refractivity contribution is 9.10. The summed E-state index contributed by atoms with van der Waals surface area (Å²) in [5, 5.41) is 3.38. The molecule has 6 heteroatoms. The second-order valence-corrected chi connectivity index (χ2v) is 6.80. The van der Waals surface area contributed by atoms with Gasteiger partial charge in [-0.05, 0) is 37.5 Å². The SMILES string of the molecule is CCCNC(=O)C1CCN(C(=O)c2cc(Br)ccc2Cl)CC1. The van der Waals surface area contributed by atoms with Crippen molar-refractivity contribution in [2.45, 2.75) is 26.2 Å². The maximum atomic E-state index is 12.5. The van der Waals surface area contributed by atoms with Crippen molar-refractivity contribution in [1.29, 1.82) is 0 Å². The van der Waals surface area contributed by atoms with Gasteiger partial charge in [0.05, 0.1) is 10.6 Å². The average Bonchev–Trinajstić information content (AvgIpc) is 2.54. The van der Waals surface area contributed by atoms with Crippen LogP contribution in [-0.4, -0.2) is 36.3 Å². The zero-order valence-electron chi connectivity index (χ0n) is 12.6. The summed E-state index contributed by atoms with van der Waals surface area (Å²) in [5.41, 5.74) is 0.505. The van der Waals surface area contributed by atoms with Gasteiger partial charge in [-0.3, -0.25) is 9.59 Å². The molecule has 0 bridgehead atoms. The third kappa shape index (κ3) is 4.23. The van der Waals surface area contributed by atoms with Gasteiger partial charge in [0.2, 0.25) is 5.91 Å². The van der Waals surface area contributed by atoms with Crippen molar-refractivity contribution < 1.29 is 9.59 Å². The Morgan fingerprint density at radius 1 is 1.36 bits per heavy atom. The van der Waals surface area contributed by atoms with E-state index in [1.807, 2.05) is 13.0 Å². The standard InChI is InChI=1S/C16H20BrClN2O2/c1-2-7-19-15(21)11-5-8-20(9-6-11)16(22)13-10-12(17)3-4-14(13)18/h3-4,10-11H,2,5-9H2,1H3,(H,19,21). The molecule has 1 aromatic rings. The largest absolute Gasteiger partial charge is 0.356 e. The Bertz CT molecular complexity index is 557. The first-order valence-electron chi connectivity index (χ1n) is 7.55. The number of nitrogens with zero attached hydrogens (tertiary/aromatic N) is 1. The lowest BCUT2D eigenvalue weighted by Gasteiger charge is -2.31. The molecule has 0 radical (unpaired) electrons. The van der Waals surface area contributed by atoms with Crippen molar-refractivity contribution in [3.8, 4) is 0 Å². The molecule has 0 saturated carbocycles. The molecule has 4 nitrogen and oxygen atoms in total. The molecule has 1 aliphatic rings. The first-order chi connectivity index (χ1) is 10.5. The molecule has 2 rings (SSSR count). The van der Waals surface area contributed by atoms with Gasteiger partial charge in [-0.1, -0.05) is 34.5 Å². The van der Waals surface area contributed by atoms with Gasteiger partial charge in [-0.2, -0.15) is 0 Å². The molecule has 0 aliphatic carbocycles. The molecule has 0 atom stereocenters. The van der Waals surface area contributed by atoms with Crippen molar-refractivity contribution in [3.05, 3.63) is 33.3 Å². The molecule has 120 valence electrons. The van der Waals surface area contributed by atoms with Crippen LogP contribution in [0, 0.1) is 5.92 Å². The number of amides is 2. The smallest absolute Gasteiger partial charge is 0.255 e. The first kappa shape index (κ1) is 17.3. The predicted molar refractivity (Wildman–Crippen MR) is 91.1 cm³/mol. The van der Waals surface area contributed by atoms with Crippen LogP contribution in [0.2, 0.25) is 5.02 Å². The van der Waals surface area contributed by atoms with Gasteiger partial charge in [0, 0.05) is 30.0 Å². The molecule has 1 N–H and O–H groups in total. The maximum Gasteiger partial charge on any atom is 0.255 e. The minimum absolute atomic E-state index is 0.00795. The number of piperidine rings is 1. The fraction of sp³-hybridized carbons (Fsp3) is 0.500. The van der Waals surface area contributed by atoms with Crippen LogP contribution < -0.4 is 5.32 Å². The van der Waals surface area contributed by atoms with Crippen LogP contribution in [0.25, 0.3) is 0 Å². The predicted octanol–water partition coefficient (Wildman–Crippen LogP) is 3.48. The van der Waals surface area contributed by atoms with Gasteiger partial charge in [0.15, 0.2) is 0 Å². The molecule has 2 amide bonds. The van der Waals surface area contributed by atoms with E-state index in [2.05, 4.69) is 21.2 Å². The molecule has 1 heterocycles.